The summed E-state index contributed by atoms with van der Waals surface area (Å²) in [7, 11) is 0. The number of carboxylic acid groups (broad SMARTS) is 1. The summed E-state index contributed by atoms with van der Waals surface area (Å²) in [5.74, 6) is -1.65. The van der Waals surface area contributed by atoms with Crippen LogP contribution in [0.3, 0.4) is 0 Å². The minimum Gasteiger partial charge on any atom is -0.481 e. The number of anilines is 1. The predicted molar refractivity (Wildman–Crippen MR) is 76.2 cm³/mol. The van der Waals surface area contributed by atoms with Gasteiger partial charge in [-0.3, -0.25) is 9.59 Å². The first-order chi connectivity index (χ1) is 8.97. The lowest BCUT2D eigenvalue weighted by atomic mass is 10.0. The highest BCUT2D eigenvalue weighted by Gasteiger charge is 2.33. The van der Waals surface area contributed by atoms with Gasteiger partial charge in [-0.2, -0.15) is 0 Å². The van der Waals surface area contributed by atoms with Gasteiger partial charge in [0, 0.05) is 10.4 Å². The van der Waals surface area contributed by atoms with Gasteiger partial charge in [-0.15, -0.1) is 0 Å². The zero-order valence-corrected chi connectivity index (χ0v) is 12.4. The van der Waals surface area contributed by atoms with E-state index >= 15 is 0 Å². The van der Waals surface area contributed by atoms with E-state index in [1.807, 2.05) is 0 Å². The van der Waals surface area contributed by atoms with E-state index in [-0.39, 0.29) is 11.8 Å². The number of carbonyl (C=O) groups excluding carboxylic acids is 1. The monoisotopic (exact) mass is 345 g/mol. The molecule has 1 fully saturated rings. The zero-order valence-electron chi connectivity index (χ0n) is 10.0. The van der Waals surface area contributed by atoms with Crippen LogP contribution in [-0.2, 0) is 9.59 Å². The van der Waals surface area contributed by atoms with Crippen LogP contribution in [0, 0.1) is 11.8 Å². The Morgan fingerprint density at radius 2 is 2.00 bits per heavy atom. The van der Waals surface area contributed by atoms with Crippen molar-refractivity contribution in [3.63, 3.8) is 0 Å². The van der Waals surface area contributed by atoms with Crippen molar-refractivity contribution in [1.82, 2.24) is 0 Å². The molecule has 1 amide bonds. The first-order valence-corrected chi connectivity index (χ1v) is 7.13. The first kappa shape index (κ1) is 14.3. The van der Waals surface area contributed by atoms with Gasteiger partial charge in [0.15, 0.2) is 0 Å². The number of nitrogens with one attached hydrogen (secondary N) is 1. The summed E-state index contributed by atoms with van der Waals surface area (Å²) in [4.78, 5) is 22.9. The third kappa shape index (κ3) is 3.48. The van der Waals surface area contributed by atoms with E-state index in [9.17, 15) is 9.59 Å². The minimum absolute atomic E-state index is 0.163. The molecular weight excluding hydrogens is 334 g/mol. The van der Waals surface area contributed by atoms with Crippen molar-refractivity contribution >= 4 is 45.1 Å². The highest BCUT2D eigenvalue weighted by molar-refractivity contribution is 9.10. The summed E-state index contributed by atoms with van der Waals surface area (Å²) in [6.45, 7) is 0. The van der Waals surface area contributed by atoms with Crippen LogP contribution in [0.2, 0.25) is 5.02 Å². The molecule has 0 bridgehead atoms. The van der Waals surface area contributed by atoms with Crippen molar-refractivity contribution in [3.05, 3.63) is 27.7 Å². The lowest BCUT2D eigenvalue weighted by Crippen LogP contribution is -2.21. The van der Waals surface area contributed by atoms with Crippen molar-refractivity contribution in [1.29, 1.82) is 0 Å². The number of carboxylic acids is 1. The van der Waals surface area contributed by atoms with Gasteiger partial charge >= 0.3 is 5.97 Å². The normalized spacial score (nSPS) is 22.2. The molecule has 2 atom stereocenters. The summed E-state index contributed by atoms with van der Waals surface area (Å²) < 4.78 is 0.821. The lowest BCUT2D eigenvalue weighted by Gasteiger charge is -2.12. The first-order valence-electron chi connectivity index (χ1n) is 5.96. The van der Waals surface area contributed by atoms with Gasteiger partial charge in [0.25, 0.3) is 0 Å². The SMILES string of the molecule is O=C(O)[C@H]1CC[C@@H](C(=O)Nc2cc(Br)ccc2Cl)C1. The average Bonchev–Trinajstić information content (AvgIpc) is 2.83. The standard InChI is InChI=1S/C13H13BrClNO3/c14-9-3-4-10(15)11(6-9)16-12(17)7-1-2-8(5-7)13(18)19/h3-4,6-8H,1-2,5H2,(H,16,17)(H,18,19)/t7-,8+/m1/s1. The van der Waals surface area contributed by atoms with Crippen LogP contribution < -0.4 is 5.32 Å². The summed E-state index contributed by atoms with van der Waals surface area (Å²) in [5.41, 5.74) is 0.541. The molecule has 0 spiro atoms. The Bertz CT molecular complexity index is 521. The average molecular weight is 347 g/mol. The van der Waals surface area contributed by atoms with Crippen molar-refractivity contribution in [2.24, 2.45) is 11.8 Å². The second-order valence-corrected chi connectivity index (χ2v) is 5.98. The highest BCUT2D eigenvalue weighted by Crippen LogP contribution is 2.33. The largest absolute Gasteiger partial charge is 0.481 e. The molecule has 0 radical (unpaired) electrons. The molecule has 1 aliphatic carbocycles. The van der Waals surface area contributed by atoms with E-state index in [1.165, 1.54) is 0 Å². The molecule has 1 aromatic carbocycles. The number of hydrogen-bond acceptors (Lipinski definition) is 2. The fraction of sp³-hybridized carbons (Fsp3) is 0.385. The molecule has 1 aliphatic rings. The zero-order chi connectivity index (χ0) is 14.0. The van der Waals surface area contributed by atoms with Crippen molar-refractivity contribution in [2.45, 2.75) is 19.3 Å². The molecule has 2 N–H and O–H groups in total. The number of benzene rings is 1. The summed E-state index contributed by atoms with van der Waals surface area (Å²) >= 11 is 9.31. The minimum atomic E-state index is -0.823. The van der Waals surface area contributed by atoms with Crippen molar-refractivity contribution in [2.75, 3.05) is 5.32 Å². The van der Waals surface area contributed by atoms with Crippen LogP contribution in [0.1, 0.15) is 19.3 Å². The molecule has 19 heavy (non-hydrogen) atoms. The Morgan fingerprint density at radius 1 is 1.32 bits per heavy atom. The maximum atomic E-state index is 12.1. The van der Waals surface area contributed by atoms with E-state index in [1.54, 1.807) is 18.2 Å². The number of aliphatic carboxylic acids is 1. The Balaban J connectivity index is 2.02. The third-order valence-electron chi connectivity index (χ3n) is 3.34. The van der Waals surface area contributed by atoms with Crippen LogP contribution in [0.5, 0.6) is 0 Å². The Kier molecular flexibility index (Phi) is 4.47. The fourth-order valence-electron chi connectivity index (χ4n) is 2.27. The van der Waals surface area contributed by atoms with Crippen molar-refractivity contribution in [3.8, 4) is 0 Å². The van der Waals surface area contributed by atoms with Gasteiger partial charge in [-0.25, -0.2) is 0 Å². The van der Waals surface area contributed by atoms with Crippen LogP contribution >= 0.6 is 27.5 Å². The van der Waals surface area contributed by atoms with Crippen LogP contribution in [0.4, 0.5) is 5.69 Å². The smallest absolute Gasteiger partial charge is 0.306 e. The van der Waals surface area contributed by atoms with Gasteiger partial charge in [-0.05, 0) is 37.5 Å². The summed E-state index contributed by atoms with van der Waals surface area (Å²) in [6, 6.07) is 5.20. The fourth-order valence-corrected chi connectivity index (χ4v) is 2.80. The maximum absolute atomic E-state index is 12.1. The number of carbonyl (C=O) groups is 2. The van der Waals surface area contributed by atoms with E-state index in [0.717, 1.165) is 4.47 Å². The lowest BCUT2D eigenvalue weighted by molar-refractivity contribution is -0.141. The topological polar surface area (TPSA) is 66.4 Å². The van der Waals surface area contributed by atoms with Crippen LogP contribution in [0.15, 0.2) is 22.7 Å². The molecule has 0 saturated heterocycles. The van der Waals surface area contributed by atoms with E-state index in [4.69, 9.17) is 16.7 Å². The van der Waals surface area contributed by atoms with Gasteiger partial charge in [0.1, 0.15) is 0 Å². The molecule has 102 valence electrons. The predicted octanol–water partition coefficient (Wildman–Crippen LogP) is 3.54. The molecular formula is C13H13BrClNO3. The molecule has 0 aliphatic heterocycles. The number of hydrogen-bond donors (Lipinski definition) is 2. The summed E-state index contributed by atoms with van der Waals surface area (Å²) in [6.07, 6.45) is 1.56. The Morgan fingerprint density at radius 3 is 2.63 bits per heavy atom. The molecule has 6 heteroatoms. The van der Waals surface area contributed by atoms with Gasteiger partial charge in [0.2, 0.25) is 5.91 Å². The molecule has 0 unspecified atom stereocenters. The van der Waals surface area contributed by atoms with Gasteiger partial charge in [0.05, 0.1) is 16.6 Å². The molecule has 2 rings (SSSR count). The van der Waals surface area contributed by atoms with Crippen LogP contribution in [-0.4, -0.2) is 17.0 Å². The number of rotatable bonds is 3. The van der Waals surface area contributed by atoms with Crippen molar-refractivity contribution < 1.29 is 14.7 Å². The number of halogens is 2. The molecule has 1 aromatic rings. The van der Waals surface area contributed by atoms with E-state index < -0.39 is 11.9 Å². The molecule has 0 aromatic heterocycles. The Labute approximate surface area is 124 Å². The van der Waals surface area contributed by atoms with Gasteiger partial charge in [-0.1, -0.05) is 27.5 Å². The third-order valence-corrected chi connectivity index (χ3v) is 4.16. The van der Waals surface area contributed by atoms with Crippen LogP contribution in [0.25, 0.3) is 0 Å². The molecule has 0 heterocycles. The molecule has 1 saturated carbocycles. The summed E-state index contributed by atoms with van der Waals surface area (Å²) in [5, 5.41) is 12.1. The number of amides is 1. The maximum Gasteiger partial charge on any atom is 0.306 e. The highest BCUT2D eigenvalue weighted by atomic mass is 79.9. The van der Waals surface area contributed by atoms with E-state index in [2.05, 4.69) is 21.2 Å². The van der Waals surface area contributed by atoms with Gasteiger partial charge < -0.3 is 10.4 Å². The van der Waals surface area contributed by atoms with E-state index in [0.29, 0.717) is 30.0 Å². The Hall–Kier alpha value is -1.07. The molecule has 4 nitrogen and oxygen atoms in total. The quantitative estimate of drug-likeness (QED) is 0.879. The second kappa shape index (κ2) is 5.92. The second-order valence-electron chi connectivity index (χ2n) is 4.66.